The van der Waals surface area contributed by atoms with Crippen LogP contribution in [0.5, 0.6) is 0 Å². The van der Waals surface area contributed by atoms with Gasteiger partial charge in [0.05, 0.1) is 11.0 Å². The summed E-state index contributed by atoms with van der Waals surface area (Å²) in [5.74, 6) is 1.43. The summed E-state index contributed by atoms with van der Waals surface area (Å²) in [5.41, 5.74) is 0. The highest BCUT2D eigenvalue weighted by Crippen LogP contribution is 2.18. The van der Waals surface area contributed by atoms with Crippen LogP contribution in [0.1, 0.15) is 19.6 Å². The molecule has 1 N–H and O–H groups in total. The molecular weight excluding hydrogens is 408 g/mol. The monoisotopic (exact) mass is 426 g/mol. The molecule has 0 aliphatic carbocycles. The van der Waals surface area contributed by atoms with Crippen molar-refractivity contribution in [2.24, 2.45) is 0 Å². The lowest BCUT2D eigenvalue weighted by Crippen LogP contribution is -2.34. The lowest BCUT2D eigenvalue weighted by molar-refractivity contribution is -0.116. The summed E-state index contributed by atoms with van der Waals surface area (Å²) in [7, 11) is 0. The number of thioether (sulfide) groups is 1. The normalized spacial score (nSPS) is 11.8. The van der Waals surface area contributed by atoms with Crippen molar-refractivity contribution in [2.75, 3.05) is 22.5 Å². The highest BCUT2D eigenvalue weighted by atomic mass is 79.9. The highest BCUT2D eigenvalue weighted by molar-refractivity contribution is 9.10. The molecule has 7 nitrogen and oxygen atoms in total. The average Bonchev–Trinajstić information content (AvgIpc) is 2.99. The first-order chi connectivity index (χ1) is 11.9. The maximum absolute atomic E-state index is 12.4. The number of nitrogens with zero attached hydrogens (tertiary/aromatic N) is 3. The second-order valence-corrected chi connectivity index (χ2v) is 7.48. The van der Waals surface area contributed by atoms with Crippen molar-refractivity contribution in [3.63, 3.8) is 0 Å². The molecule has 0 spiro atoms. The topological polar surface area (TPSA) is 88.3 Å². The largest absolute Gasteiger partial charge is 0.360 e. The fourth-order valence-electron chi connectivity index (χ4n) is 2.00. The van der Waals surface area contributed by atoms with Gasteiger partial charge in [-0.3, -0.25) is 14.5 Å². The third-order valence-electron chi connectivity index (χ3n) is 3.31. The van der Waals surface area contributed by atoms with Crippen LogP contribution in [0.4, 0.5) is 11.6 Å². The minimum Gasteiger partial charge on any atom is -0.360 e. The van der Waals surface area contributed by atoms with E-state index >= 15 is 0 Å². The molecule has 0 bridgehead atoms. The lowest BCUT2D eigenvalue weighted by atomic mass is 10.4. The second kappa shape index (κ2) is 9.00. The summed E-state index contributed by atoms with van der Waals surface area (Å²) in [6, 6.07) is 5.25. The van der Waals surface area contributed by atoms with Crippen molar-refractivity contribution in [3.05, 3.63) is 34.6 Å². The van der Waals surface area contributed by atoms with E-state index in [1.165, 1.54) is 11.8 Å². The first kappa shape index (κ1) is 19.5. The van der Waals surface area contributed by atoms with Gasteiger partial charge in [0.15, 0.2) is 5.82 Å². The minimum absolute atomic E-state index is 0.0979. The Morgan fingerprint density at radius 3 is 2.76 bits per heavy atom. The molecule has 1 atom stereocenters. The quantitative estimate of drug-likeness (QED) is 0.730. The standard InChI is InChI=1S/C16H19BrN4O3S/c1-4-21(14-6-5-12(17)8-18-14)15(22)9-25-11(3)16(23)19-13-7-10(2)24-20-13/h5-8,11H,4,9H2,1-3H3,(H,19,20,23). The van der Waals surface area contributed by atoms with Gasteiger partial charge < -0.3 is 9.84 Å². The Labute approximate surface area is 158 Å². The molecule has 0 saturated heterocycles. The average molecular weight is 427 g/mol. The number of hydrogen-bond acceptors (Lipinski definition) is 6. The van der Waals surface area contributed by atoms with Gasteiger partial charge in [-0.2, -0.15) is 0 Å². The molecule has 0 radical (unpaired) electrons. The summed E-state index contributed by atoms with van der Waals surface area (Å²) in [6.45, 7) is 5.88. The molecule has 1 unspecified atom stereocenters. The summed E-state index contributed by atoms with van der Waals surface area (Å²) >= 11 is 4.58. The Kier molecular flexibility index (Phi) is 7.01. The molecule has 2 aromatic heterocycles. The van der Waals surface area contributed by atoms with Crippen molar-refractivity contribution >= 4 is 51.1 Å². The van der Waals surface area contributed by atoms with Crippen molar-refractivity contribution in [1.29, 1.82) is 0 Å². The van der Waals surface area contributed by atoms with E-state index in [0.29, 0.717) is 23.9 Å². The zero-order chi connectivity index (χ0) is 18.4. The molecule has 0 aliphatic rings. The predicted octanol–water partition coefficient (Wildman–Crippen LogP) is 3.25. The first-order valence-electron chi connectivity index (χ1n) is 7.68. The molecule has 134 valence electrons. The van der Waals surface area contributed by atoms with E-state index < -0.39 is 5.25 Å². The summed E-state index contributed by atoms with van der Waals surface area (Å²) in [5, 5.41) is 5.97. The SMILES string of the molecule is CCN(C(=O)CSC(C)C(=O)Nc1cc(C)on1)c1ccc(Br)cn1. The molecule has 0 aliphatic heterocycles. The van der Waals surface area contributed by atoms with Crippen LogP contribution in [0.25, 0.3) is 0 Å². The lowest BCUT2D eigenvalue weighted by Gasteiger charge is -2.20. The predicted molar refractivity (Wildman–Crippen MR) is 102 cm³/mol. The van der Waals surface area contributed by atoms with Crippen LogP contribution in [-0.2, 0) is 9.59 Å². The molecule has 2 heterocycles. The Bertz CT molecular complexity index is 735. The van der Waals surface area contributed by atoms with Crippen molar-refractivity contribution in [3.8, 4) is 0 Å². The number of amides is 2. The Hall–Kier alpha value is -1.87. The Morgan fingerprint density at radius 1 is 1.44 bits per heavy atom. The number of halogens is 1. The number of carbonyl (C=O) groups is 2. The van der Waals surface area contributed by atoms with E-state index in [4.69, 9.17) is 4.52 Å². The van der Waals surface area contributed by atoms with E-state index in [1.807, 2.05) is 13.0 Å². The van der Waals surface area contributed by atoms with Crippen LogP contribution in [-0.4, -0.2) is 39.5 Å². The third kappa shape index (κ3) is 5.57. The fourth-order valence-corrected chi connectivity index (χ4v) is 2.99. The first-order valence-corrected chi connectivity index (χ1v) is 9.52. The number of aryl methyl sites for hydroxylation is 1. The molecular formula is C16H19BrN4O3S. The van der Waals surface area contributed by atoms with Gasteiger partial charge in [-0.25, -0.2) is 4.98 Å². The Morgan fingerprint density at radius 2 is 2.20 bits per heavy atom. The van der Waals surface area contributed by atoms with Gasteiger partial charge in [0, 0.05) is 23.3 Å². The summed E-state index contributed by atoms with van der Waals surface area (Å²) in [4.78, 5) is 30.4. The third-order valence-corrected chi connectivity index (χ3v) is 4.91. The summed E-state index contributed by atoms with van der Waals surface area (Å²) in [6.07, 6.45) is 1.65. The minimum atomic E-state index is -0.405. The van der Waals surface area contributed by atoms with Crippen LogP contribution in [0.3, 0.4) is 0 Å². The van der Waals surface area contributed by atoms with Crippen molar-refractivity contribution < 1.29 is 14.1 Å². The maximum Gasteiger partial charge on any atom is 0.238 e. The number of hydrogen-bond donors (Lipinski definition) is 1. The summed E-state index contributed by atoms with van der Waals surface area (Å²) < 4.78 is 5.75. The fraction of sp³-hybridized carbons (Fsp3) is 0.375. The number of rotatable bonds is 7. The van der Waals surface area contributed by atoms with E-state index in [0.717, 1.165) is 4.47 Å². The van der Waals surface area contributed by atoms with Crippen molar-refractivity contribution in [2.45, 2.75) is 26.0 Å². The van der Waals surface area contributed by atoms with Crippen LogP contribution in [0.2, 0.25) is 0 Å². The van der Waals surface area contributed by atoms with Crippen LogP contribution in [0, 0.1) is 6.92 Å². The molecule has 2 aromatic rings. The molecule has 0 fully saturated rings. The molecule has 9 heteroatoms. The van der Waals surface area contributed by atoms with Gasteiger partial charge in [0.2, 0.25) is 11.8 Å². The van der Waals surface area contributed by atoms with Gasteiger partial charge >= 0.3 is 0 Å². The molecule has 0 saturated carbocycles. The molecule has 2 rings (SSSR count). The zero-order valence-corrected chi connectivity index (χ0v) is 16.6. The van der Waals surface area contributed by atoms with Crippen LogP contribution >= 0.6 is 27.7 Å². The Balaban J connectivity index is 1.88. The maximum atomic E-state index is 12.4. The van der Waals surface area contributed by atoms with Gasteiger partial charge in [0.1, 0.15) is 11.6 Å². The molecule has 0 aromatic carbocycles. The number of anilines is 2. The zero-order valence-electron chi connectivity index (χ0n) is 14.2. The van der Waals surface area contributed by atoms with E-state index in [9.17, 15) is 9.59 Å². The highest BCUT2D eigenvalue weighted by Gasteiger charge is 2.20. The van der Waals surface area contributed by atoms with Gasteiger partial charge in [0.25, 0.3) is 0 Å². The number of pyridine rings is 1. The smallest absolute Gasteiger partial charge is 0.238 e. The van der Waals surface area contributed by atoms with E-state index in [2.05, 4.69) is 31.4 Å². The van der Waals surface area contributed by atoms with Gasteiger partial charge in [-0.15, -0.1) is 11.8 Å². The van der Waals surface area contributed by atoms with E-state index in [-0.39, 0.29) is 17.6 Å². The van der Waals surface area contributed by atoms with Crippen molar-refractivity contribution in [1.82, 2.24) is 10.1 Å². The van der Waals surface area contributed by atoms with Crippen LogP contribution in [0.15, 0.2) is 33.4 Å². The van der Waals surface area contributed by atoms with E-state index in [1.54, 1.807) is 37.1 Å². The van der Waals surface area contributed by atoms with Gasteiger partial charge in [-0.05, 0) is 48.8 Å². The van der Waals surface area contributed by atoms with Crippen LogP contribution < -0.4 is 10.2 Å². The number of aromatic nitrogens is 2. The molecule has 2 amide bonds. The molecule has 25 heavy (non-hydrogen) atoms. The number of carbonyl (C=O) groups excluding carboxylic acids is 2. The number of nitrogens with one attached hydrogen (secondary N) is 1. The second-order valence-electron chi connectivity index (χ2n) is 5.24. The van der Waals surface area contributed by atoms with Gasteiger partial charge in [-0.1, -0.05) is 5.16 Å².